The Kier molecular flexibility index (Phi) is 10.5. The molecule has 1 atom stereocenters. The summed E-state index contributed by atoms with van der Waals surface area (Å²) in [6.45, 7) is 5.51. The SMILES string of the molecule is CCCNC(=O)C(C)N(Cc1cccc(OC)c1)C(=O)CN(c1cccc(Br)c1)S(=O)(=O)c1ccc(C)cc1. The van der Waals surface area contributed by atoms with Gasteiger partial charge in [-0.15, -0.1) is 0 Å². The van der Waals surface area contributed by atoms with Gasteiger partial charge in [-0.25, -0.2) is 8.42 Å². The van der Waals surface area contributed by atoms with Crippen molar-refractivity contribution in [2.24, 2.45) is 0 Å². The largest absolute Gasteiger partial charge is 0.497 e. The lowest BCUT2D eigenvalue weighted by atomic mass is 10.1. The average molecular weight is 617 g/mol. The van der Waals surface area contributed by atoms with Gasteiger partial charge in [0.25, 0.3) is 10.0 Å². The second kappa shape index (κ2) is 13.6. The van der Waals surface area contributed by atoms with E-state index in [0.29, 0.717) is 22.5 Å². The van der Waals surface area contributed by atoms with E-state index in [1.54, 1.807) is 68.6 Å². The number of nitrogens with zero attached hydrogens (tertiary/aromatic N) is 2. The van der Waals surface area contributed by atoms with Gasteiger partial charge < -0.3 is 15.0 Å². The number of carbonyl (C=O) groups excluding carboxylic acids is 2. The normalized spacial score (nSPS) is 11.9. The van der Waals surface area contributed by atoms with Crippen molar-refractivity contribution in [3.8, 4) is 5.75 Å². The smallest absolute Gasteiger partial charge is 0.264 e. The summed E-state index contributed by atoms with van der Waals surface area (Å²) < 4.78 is 34.8. The third-order valence-electron chi connectivity index (χ3n) is 6.19. The van der Waals surface area contributed by atoms with Gasteiger partial charge in [0.2, 0.25) is 11.8 Å². The van der Waals surface area contributed by atoms with Crippen molar-refractivity contribution in [3.05, 3.63) is 88.4 Å². The number of aryl methyl sites for hydroxylation is 1. The third kappa shape index (κ3) is 7.83. The fourth-order valence-electron chi connectivity index (χ4n) is 3.94. The summed E-state index contributed by atoms with van der Waals surface area (Å²) in [5.41, 5.74) is 1.98. The summed E-state index contributed by atoms with van der Waals surface area (Å²) in [6, 6.07) is 19.6. The Morgan fingerprint density at radius 2 is 1.72 bits per heavy atom. The highest BCUT2D eigenvalue weighted by Gasteiger charge is 2.32. The Bertz CT molecular complexity index is 1400. The van der Waals surface area contributed by atoms with Crippen molar-refractivity contribution < 1.29 is 22.7 Å². The minimum absolute atomic E-state index is 0.0639. The second-order valence-electron chi connectivity index (χ2n) is 9.14. The molecule has 0 bridgehead atoms. The summed E-state index contributed by atoms with van der Waals surface area (Å²) in [5.74, 6) is -0.225. The van der Waals surface area contributed by atoms with Gasteiger partial charge in [-0.05, 0) is 68.3 Å². The maximum atomic E-state index is 13.9. The van der Waals surface area contributed by atoms with Crippen LogP contribution in [0.15, 0.2) is 82.2 Å². The highest BCUT2D eigenvalue weighted by atomic mass is 79.9. The van der Waals surface area contributed by atoms with Crippen LogP contribution in [-0.2, 0) is 26.2 Å². The van der Waals surface area contributed by atoms with Gasteiger partial charge in [0.05, 0.1) is 17.7 Å². The molecule has 0 aliphatic rings. The first-order valence-electron chi connectivity index (χ1n) is 12.6. The zero-order valence-corrected chi connectivity index (χ0v) is 25.0. The number of nitrogens with one attached hydrogen (secondary N) is 1. The minimum Gasteiger partial charge on any atom is -0.497 e. The van der Waals surface area contributed by atoms with Gasteiger partial charge in [0, 0.05) is 17.6 Å². The second-order valence-corrected chi connectivity index (χ2v) is 11.9. The van der Waals surface area contributed by atoms with Crippen LogP contribution < -0.4 is 14.4 Å². The van der Waals surface area contributed by atoms with Crippen molar-refractivity contribution in [2.75, 3.05) is 24.5 Å². The number of ether oxygens (including phenoxy) is 1. The zero-order chi connectivity index (χ0) is 28.6. The van der Waals surface area contributed by atoms with Crippen molar-refractivity contribution in [1.82, 2.24) is 10.2 Å². The lowest BCUT2D eigenvalue weighted by Crippen LogP contribution is -2.51. The van der Waals surface area contributed by atoms with Crippen LogP contribution in [0.1, 0.15) is 31.4 Å². The maximum Gasteiger partial charge on any atom is 0.264 e. The van der Waals surface area contributed by atoms with Gasteiger partial charge in [0.1, 0.15) is 18.3 Å². The van der Waals surface area contributed by atoms with E-state index in [9.17, 15) is 18.0 Å². The quantitative estimate of drug-likeness (QED) is 0.312. The molecule has 0 aliphatic heterocycles. The van der Waals surface area contributed by atoms with E-state index in [1.807, 2.05) is 19.9 Å². The molecule has 8 nitrogen and oxygen atoms in total. The Balaban J connectivity index is 2.02. The molecule has 0 heterocycles. The molecule has 0 aliphatic carbocycles. The van der Waals surface area contributed by atoms with Crippen LogP contribution in [0.3, 0.4) is 0 Å². The van der Waals surface area contributed by atoms with Crippen molar-refractivity contribution >= 4 is 43.5 Å². The zero-order valence-electron chi connectivity index (χ0n) is 22.6. The Labute approximate surface area is 239 Å². The van der Waals surface area contributed by atoms with Gasteiger partial charge in [-0.1, -0.05) is 58.7 Å². The number of carbonyl (C=O) groups is 2. The summed E-state index contributed by atoms with van der Waals surface area (Å²) in [4.78, 5) is 28.3. The molecular formula is C29H34BrN3O5S. The molecule has 208 valence electrons. The highest BCUT2D eigenvalue weighted by molar-refractivity contribution is 9.10. The molecule has 3 aromatic rings. The predicted octanol–water partition coefficient (Wildman–Crippen LogP) is 4.90. The molecule has 10 heteroatoms. The van der Waals surface area contributed by atoms with Crippen molar-refractivity contribution in [2.45, 2.75) is 44.7 Å². The van der Waals surface area contributed by atoms with E-state index < -0.39 is 28.5 Å². The van der Waals surface area contributed by atoms with Crippen LogP contribution in [0.4, 0.5) is 5.69 Å². The Morgan fingerprint density at radius 3 is 2.36 bits per heavy atom. The Hall–Kier alpha value is -3.37. The van der Waals surface area contributed by atoms with E-state index in [-0.39, 0.29) is 17.3 Å². The molecule has 0 spiro atoms. The molecule has 0 radical (unpaired) electrons. The first-order valence-corrected chi connectivity index (χ1v) is 14.8. The van der Waals surface area contributed by atoms with Crippen LogP contribution in [0.5, 0.6) is 5.75 Å². The molecular weight excluding hydrogens is 582 g/mol. The number of hydrogen-bond acceptors (Lipinski definition) is 5. The lowest BCUT2D eigenvalue weighted by molar-refractivity contribution is -0.139. The van der Waals surface area contributed by atoms with Gasteiger partial charge in [-0.2, -0.15) is 0 Å². The standard InChI is InChI=1S/C29H34BrN3O5S/c1-5-16-31-29(35)22(3)32(19-23-8-6-11-26(17-23)38-4)28(34)20-33(25-10-7-9-24(30)18-25)39(36,37)27-14-12-21(2)13-15-27/h6-15,17-18,22H,5,16,19-20H2,1-4H3,(H,31,35). The fraction of sp³-hybridized carbons (Fsp3) is 0.310. The van der Waals surface area contributed by atoms with E-state index >= 15 is 0 Å². The predicted molar refractivity (Wildman–Crippen MR) is 156 cm³/mol. The molecule has 3 rings (SSSR count). The van der Waals surface area contributed by atoms with Crippen LogP contribution >= 0.6 is 15.9 Å². The molecule has 0 aromatic heterocycles. The number of hydrogen-bond donors (Lipinski definition) is 1. The topological polar surface area (TPSA) is 96.0 Å². The van der Waals surface area contributed by atoms with Gasteiger partial charge >= 0.3 is 0 Å². The minimum atomic E-state index is -4.12. The molecule has 1 unspecified atom stereocenters. The summed E-state index contributed by atoms with van der Waals surface area (Å²) in [7, 11) is -2.57. The van der Waals surface area contributed by atoms with E-state index in [1.165, 1.54) is 17.0 Å². The first-order chi connectivity index (χ1) is 18.6. The Morgan fingerprint density at radius 1 is 1.03 bits per heavy atom. The lowest BCUT2D eigenvalue weighted by Gasteiger charge is -2.32. The maximum absolute atomic E-state index is 13.9. The van der Waals surface area contributed by atoms with Crippen LogP contribution in [0.2, 0.25) is 0 Å². The third-order valence-corrected chi connectivity index (χ3v) is 8.47. The fourth-order valence-corrected chi connectivity index (χ4v) is 5.74. The van der Waals surface area contributed by atoms with E-state index in [4.69, 9.17) is 4.74 Å². The van der Waals surface area contributed by atoms with Crippen LogP contribution in [0, 0.1) is 6.92 Å². The average Bonchev–Trinajstić information content (AvgIpc) is 2.93. The number of anilines is 1. The number of halogens is 1. The molecule has 2 amide bonds. The highest BCUT2D eigenvalue weighted by Crippen LogP contribution is 2.27. The molecule has 3 aromatic carbocycles. The molecule has 0 fully saturated rings. The van der Waals surface area contributed by atoms with Crippen molar-refractivity contribution in [3.63, 3.8) is 0 Å². The summed E-state index contributed by atoms with van der Waals surface area (Å²) >= 11 is 3.40. The number of benzene rings is 3. The van der Waals surface area contributed by atoms with E-state index in [0.717, 1.165) is 21.9 Å². The molecule has 0 saturated heterocycles. The van der Waals surface area contributed by atoms with Gasteiger partial charge in [0.15, 0.2) is 0 Å². The summed E-state index contributed by atoms with van der Waals surface area (Å²) in [6.07, 6.45) is 0.744. The van der Waals surface area contributed by atoms with Gasteiger partial charge in [-0.3, -0.25) is 13.9 Å². The molecule has 1 N–H and O–H groups in total. The van der Waals surface area contributed by atoms with Crippen LogP contribution in [0.25, 0.3) is 0 Å². The monoisotopic (exact) mass is 615 g/mol. The van der Waals surface area contributed by atoms with E-state index in [2.05, 4.69) is 21.2 Å². The number of sulfonamides is 1. The molecule has 39 heavy (non-hydrogen) atoms. The first kappa shape index (κ1) is 30.2. The number of rotatable bonds is 12. The summed E-state index contributed by atoms with van der Waals surface area (Å²) in [5, 5.41) is 2.83. The number of amides is 2. The van der Waals surface area contributed by atoms with Crippen molar-refractivity contribution in [1.29, 1.82) is 0 Å². The van der Waals surface area contributed by atoms with Crippen LogP contribution in [-0.4, -0.2) is 51.4 Å². The number of methoxy groups -OCH3 is 1. The molecule has 0 saturated carbocycles.